The van der Waals surface area contributed by atoms with Crippen molar-refractivity contribution in [1.29, 1.82) is 0 Å². The molecule has 1 atom stereocenters. The van der Waals surface area contributed by atoms with Gasteiger partial charge in [-0.25, -0.2) is 9.69 Å². The maximum absolute atomic E-state index is 13.1. The van der Waals surface area contributed by atoms with Gasteiger partial charge >= 0.3 is 6.03 Å². The van der Waals surface area contributed by atoms with Crippen molar-refractivity contribution in [3.63, 3.8) is 0 Å². The lowest BCUT2D eigenvalue weighted by Gasteiger charge is -2.31. The summed E-state index contributed by atoms with van der Waals surface area (Å²) in [7, 11) is 0. The topological polar surface area (TPSA) is 58.3 Å². The van der Waals surface area contributed by atoms with Gasteiger partial charge in [-0.3, -0.25) is 4.79 Å². The summed E-state index contributed by atoms with van der Waals surface area (Å²) in [5.74, 6) is 0.402. The Balaban J connectivity index is 1.31. The summed E-state index contributed by atoms with van der Waals surface area (Å²) in [4.78, 5) is 30.0. The van der Waals surface area contributed by atoms with Gasteiger partial charge in [0.2, 0.25) is 0 Å². The van der Waals surface area contributed by atoms with Crippen molar-refractivity contribution < 1.29 is 19.4 Å². The third-order valence-corrected chi connectivity index (χ3v) is 6.77. The zero-order valence-electron chi connectivity index (χ0n) is 18.8. The molecule has 0 saturated carbocycles. The molecule has 2 aromatic rings. The van der Waals surface area contributed by atoms with Gasteiger partial charge in [-0.15, -0.1) is 0 Å². The van der Waals surface area contributed by atoms with Crippen LogP contribution in [0.4, 0.5) is 4.79 Å². The monoisotopic (exact) mass is 422 g/mol. The van der Waals surface area contributed by atoms with Gasteiger partial charge in [0.1, 0.15) is 38.3 Å². The minimum absolute atomic E-state index is 0.156. The molecule has 0 bridgehead atoms. The molecule has 0 aromatic heterocycles. The van der Waals surface area contributed by atoms with Gasteiger partial charge in [0, 0.05) is 5.56 Å². The summed E-state index contributed by atoms with van der Waals surface area (Å²) < 4.78 is 0. The van der Waals surface area contributed by atoms with E-state index in [1.165, 1.54) is 20.9 Å². The molecule has 6 heteroatoms. The van der Waals surface area contributed by atoms with Gasteiger partial charge in [0.15, 0.2) is 6.67 Å². The van der Waals surface area contributed by atoms with E-state index in [4.69, 9.17) is 0 Å². The van der Waals surface area contributed by atoms with Gasteiger partial charge in [-0.2, -0.15) is 0 Å². The normalized spacial score (nSPS) is 26.4. The molecule has 31 heavy (non-hydrogen) atoms. The van der Waals surface area contributed by atoms with E-state index < -0.39 is 5.54 Å². The molecule has 3 N–H and O–H groups in total. The van der Waals surface area contributed by atoms with Crippen LogP contribution in [0.2, 0.25) is 0 Å². The third-order valence-electron chi connectivity index (χ3n) is 6.77. The fraction of sp³-hybridized carbons (Fsp3) is 0.440. The van der Waals surface area contributed by atoms with Crippen molar-refractivity contribution in [1.82, 2.24) is 10.2 Å². The second-order valence-electron chi connectivity index (χ2n) is 9.39. The van der Waals surface area contributed by atoms with Gasteiger partial charge < -0.3 is 15.1 Å². The van der Waals surface area contributed by atoms with Crippen LogP contribution in [0.3, 0.4) is 0 Å². The lowest BCUT2D eigenvalue weighted by atomic mass is 9.92. The van der Waals surface area contributed by atoms with E-state index in [0.29, 0.717) is 12.6 Å². The van der Waals surface area contributed by atoms with Crippen LogP contribution in [0.1, 0.15) is 43.4 Å². The molecule has 4 rings (SSSR count). The van der Waals surface area contributed by atoms with Crippen molar-refractivity contribution in [2.45, 2.75) is 38.8 Å². The number of hydrogen-bond donors (Lipinski definition) is 3. The number of imide groups is 1. The van der Waals surface area contributed by atoms with Crippen LogP contribution < -0.4 is 15.1 Å². The number of nitrogens with one attached hydrogen (secondary N) is 3. The van der Waals surface area contributed by atoms with Gasteiger partial charge in [-0.1, -0.05) is 68.4 Å². The first-order valence-corrected chi connectivity index (χ1v) is 11.3. The molecule has 2 fully saturated rings. The number of carbonyl (C=O) groups is 2. The Kier molecular flexibility index (Phi) is 6.12. The van der Waals surface area contributed by atoms with Crippen molar-refractivity contribution in [3.8, 4) is 0 Å². The van der Waals surface area contributed by atoms with Gasteiger partial charge in [-0.05, 0) is 24.0 Å². The second-order valence-corrected chi connectivity index (χ2v) is 9.39. The Hall–Kier alpha value is -2.70. The maximum atomic E-state index is 13.1. The highest BCUT2D eigenvalue weighted by Crippen LogP contribution is 2.27. The Bertz CT molecular complexity index is 920. The fourth-order valence-electron chi connectivity index (χ4n) is 4.63. The zero-order chi connectivity index (χ0) is 22.0. The van der Waals surface area contributed by atoms with Crippen LogP contribution in [0.5, 0.6) is 0 Å². The Morgan fingerprint density at radius 1 is 0.935 bits per heavy atom. The first-order valence-electron chi connectivity index (χ1n) is 11.3. The zero-order valence-corrected chi connectivity index (χ0v) is 18.8. The summed E-state index contributed by atoms with van der Waals surface area (Å²) >= 11 is 0. The summed E-state index contributed by atoms with van der Waals surface area (Å²) in [6.45, 7) is 11.7. The van der Waals surface area contributed by atoms with Crippen molar-refractivity contribution in [3.05, 3.63) is 71.3 Å². The number of amides is 3. The van der Waals surface area contributed by atoms with Crippen LogP contribution in [0.25, 0.3) is 0 Å². The molecule has 2 heterocycles. The lowest BCUT2D eigenvalue weighted by Crippen LogP contribution is -3.28. The largest absolute Gasteiger partial charge is 0.329 e. The predicted octanol–water partition coefficient (Wildman–Crippen LogP) is 0.518. The standard InChI is InChI=1S/C25H32N4O2/c1-19(2)21-11-9-20(10-12-21)17-27-13-15-28(16-14-27)18-29-23(30)25(3,26-24(29)31)22-7-5-4-6-8-22/h4-12,19H,13-18H2,1-3H3,(H,26,31)/p+2/t25-/m0/s1. The molecule has 0 spiro atoms. The van der Waals surface area contributed by atoms with Crippen LogP contribution in [0, 0.1) is 0 Å². The van der Waals surface area contributed by atoms with Gasteiger partial charge in [0.25, 0.3) is 5.91 Å². The van der Waals surface area contributed by atoms with E-state index in [9.17, 15) is 9.59 Å². The highest BCUT2D eigenvalue weighted by atomic mass is 16.2. The first-order chi connectivity index (χ1) is 14.9. The Labute approximate surface area is 184 Å². The highest BCUT2D eigenvalue weighted by Gasteiger charge is 2.50. The average molecular weight is 423 g/mol. The van der Waals surface area contributed by atoms with Crippen LogP contribution in [0.15, 0.2) is 54.6 Å². The first kappa shape index (κ1) is 21.5. The molecule has 164 valence electrons. The Morgan fingerprint density at radius 3 is 2.16 bits per heavy atom. The number of quaternary nitrogens is 2. The van der Waals surface area contributed by atoms with Crippen molar-refractivity contribution in [2.24, 2.45) is 0 Å². The summed E-state index contributed by atoms with van der Waals surface area (Å²) in [5.41, 5.74) is 2.59. The molecular weight excluding hydrogens is 388 g/mol. The minimum Gasteiger partial charge on any atom is -0.322 e. The highest BCUT2D eigenvalue weighted by molar-refractivity contribution is 6.07. The molecule has 2 aliphatic rings. The smallest absolute Gasteiger partial charge is 0.322 e. The van der Waals surface area contributed by atoms with Crippen molar-refractivity contribution >= 4 is 11.9 Å². The molecule has 3 amide bonds. The number of piperazine rings is 1. The van der Waals surface area contributed by atoms with Crippen LogP contribution in [-0.4, -0.2) is 49.7 Å². The van der Waals surface area contributed by atoms with E-state index in [0.717, 1.165) is 38.3 Å². The number of urea groups is 1. The maximum Gasteiger partial charge on any atom is 0.329 e. The number of rotatable bonds is 6. The van der Waals surface area contributed by atoms with E-state index >= 15 is 0 Å². The number of benzene rings is 2. The average Bonchev–Trinajstić information content (AvgIpc) is 3.00. The third kappa shape index (κ3) is 4.50. The summed E-state index contributed by atoms with van der Waals surface area (Å²) in [6.07, 6.45) is 0. The Morgan fingerprint density at radius 2 is 1.55 bits per heavy atom. The molecule has 6 nitrogen and oxygen atoms in total. The molecule has 2 aliphatic heterocycles. The SMILES string of the molecule is CC(C)c1ccc(C[NH+]2CC[NH+](CN3C(=O)N[C@@](C)(c4ccccc4)C3=O)CC2)cc1. The molecule has 0 aliphatic carbocycles. The van der Waals surface area contributed by atoms with E-state index in [-0.39, 0.29) is 11.9 Å². The lowest BCUT2D eigenvalue weighted by molar-refractivity contribution is -1.02. The quantitative estimate of drug-likeness (QED) is 0.595. The summed E-state index contributed by atoms with van der Waals surface area (Å²) in [5, 5.41) is 2.91. The molecule has 2 aromatic carbocycles. The van der Waals surface area contributed by atoms with Gasteiger partial charge in [0.05, 0.1) is 0 Å². The summed E-state index contributed by atoms with van der Waals surface area (Å²) in [6, 6.07) is 18.2. The second kappa shape index (κ2) is 8.81. The number of nitrogens with zero attached hydrogens (tertiary/aromatic N) is 1. The number of carbonyl (C=O) groups excluding carboxylic acids is 2. The molecule has 0 unspecified atom stereocenters. The minimum atomic E-state index is -0.979. The van der Waals surface area contributed by atoms with E-state index in [1.807, 2.05) is 30.3 Å². The van der Waals surface area contributed by atoms with Crippen LogP contribution in [-0.2, 0) is 16.9 Å². The molecular formula is C25H34N4O2+2. The van der Waals surface area contributed by atoms with Crippen LogP contribution >= 0.6 is 0 Å². The molecule has 2 saturated heterocycles. The molecule has 0 radical (unpaired) electrons. The van der Waals surface area contributed by atoms with E-state index in [2.05, 4.69) is 43.4 Å². The number of hydrogen-bond acceptors (Lipinski definition) is 2. The predicted molar refractivity (Wildman–Crippen MR) is 120 cm³/mol. The fourth-order valence-corrected chi connectivity index (χ4v) is 4.63. The van der Waals surface area contributed by atoms with E-state index in [1.54, 1.807) is 11.8 Å². The van der Waals surface area contributed by atoms with Crippen molar-refractivity contribution in [2.75, 3.05) is 32.8 Å².